The SMILES string of the molecule is CCc1ccccc1C(C)(OC)OCCOCCN(c1cc2oc(-c3ccc(F)cc3)c(C(=O)NC)c2cc1C1CC1)S(C)(=O)=O. The molecule has 3 aromatic carbocycles. The molecule has 4 aromatic rings. The summed E-state index contributed by atoms with van der Waals surface area (Å²) in [6, 6.07) is 17.2. The van der Waals surface area contributed by atoms with E-state index >= 15 is 0 Å². The molecule has 1 unspecified atom stereocenters. The van der Waals surface area contributed by atoms with E-state index in [9.17, 15) is 17.6 Å². The molecule has 1 N–H and O–H groups in total. The van der Waals surface area contributed by atoms with E-state index < -0.39 is 21.6 Å². The fraction of sp³-hybridized carbons (Fsp3) is 0.400. The van der Waals surface area contributed by atoms with E-state index in [2.05, 4.69) is 12.2 Å². The molecular formula is C35H41FN2O7S. The Morgan fingerprint density at radius 1 is 1.09 bits per heavy atom. The summed E-state index contributed by atoms with van der Waals surface area (Å²) in [5.41, 5.74) is 4.59. The van der Waals surface area contributed by atoms with Gasteiger partial charge in [0.2, 0.25) is 10.0 Å². The van der Waals surface area contributed by atoms with Gasteiger partial charge in [0, 0.05) is 36.7 Å². The number of halogens is 1. The molecule has 1 atom stereocenters. The van der Waals surface area contributed by atoms with Crippen LogP contribution >= 0.6 is 0 Å². The number of furan rings is 1. The first-order chi connectivity index (χ1) is 22.0. The van der Waals surface area contributed by atoms with Crippen LogP contribution < -0.4 is 9.62 Å². The lowest BCUT2D eigenvalue weighted by atomic mass is 9.98. The maximum absolute atomic E-state index is 13.7. The van der Waals surface area contributed by atoms with Crippen LogP contribution in [0.15, 0.2) is 65.1 Å². The van der Waals surface area contributed by atoms with Crippen LogP contribution in [0.5, 0.6) is 0 Å². The fourth-order valence-electron chi connectivity index (χ4n) is 5.77. The Balaban J connectivity index is 1.37. The second-order valence-electron chi connectivity index (χ2n) is 11.5. The minimum atomic E-state index is -3.72. The van der Waals surface area contributed by atoms with Crippen molar-refractivity contribution in [2.75, 3.05) is 51.1 Å². The highest BCUT2D eigenvalue weighted by Crippen LogP contribution is 2.48. The normalized spacial score (nSPS) is 14.7. The van der Waals surface area contributed by atoms with Crippen molar-refractivity contribution in [2.24, 2.45) is 0 Å². The molecule has 1 heterocycles. The van der Waals surface area contributed by atoms with Gasteiger partial charge >= 0.3 is 0 Å². The summed E-state index contributed by atoms with van der Waals surface area (Å²) >= 11 is 0. The predicted octanol–water partition coefficient (Wildman–Crippen LogP) is 6.36. The van der Waals surface area contributed by atoms with Gasteiger partial charge in [-0.25, -0.2) is 12.8 Å². The van der Waals surface area contributed by atoms with Gasteiger partial charge in [-0.3, -0.25) is 9.10 Å². The zero-order chi connectivity index (χ0) is 33.1. The van der Waals surface area contributed by atoms with Gasteiger partial charge in [-0.1, -0.05) is 31.2 Å². The van der Waals surface area contributed by atoms with Crippen LogP contribution in [-0.4, -0.2) is 61.1 Å². The van der Waals surface area contributed by atoms with Gasteiger partial charge in [-0.05, 0) is 73.6 Å². The van der Waals surface area contributed by atoms with Gasteiger partial charge in [0.05, 0.1) is 43.9 Å². The Bertz CT molecular complexity index is 1800. The highest BCUT2D eigenvalue weighted by Gasteiger charge is 2.33. The summed E-state index contributed by atoms with van der Waals surface area (Å²) in [4.78, 5) is 13.1. The van der Waals surface area contributed by atoms with Crippen LogP contribution in [0.1, 0.15) is 59.7 Å². The van der Waals surface area contributed by atoms with Crippen LogP contribution in [0.4, 0.5) is 10.1 Å². The number of fused-ring (bicyclic) bond motifs is 1. The lowest BCUT2D eigenvalue weighted by Gasteiger charge is -2.30. The molecule has 1 aromatic heterocycles. The van der Waals surface area contributed by atoms with Gasteiger partial charge in [-0.15, -0.1) is 0 Å². The largest absolute Gasteiger partial charge is 0.455 e. The summed E-state index contributed by atoms with van der Waals surface area (Å²) in [5.74, 6) is -1.28. The third-order valence-electron chi connectivity index (χ3n) is 8.40. The van der Waals surface area contributed by atoms with Gasteiger partial charge < -0.3 is 23.9 Å². The average molecular weight is 653 g/mol. The van der Waals surface area contributed by atoms with Crippen LogP contribution in [0.3, 0.4) is 0 Å². The minimum absolute atomic E-state index is 0.0676. The van der Waals surface area contributed by atoms with Crippen molar-refractivity contribution >= 4 is 32.6 Å². The Morgan fingerprint density at radius 3 is 2.43 bits per heavy atom. The highest BCUT2D eigenvalue weighted by molar-refractivity contribution is 7.92. The van der Waals surface area contributed by atoms with E-state index in [0.29, 0.717) is 27.8 Å². The Kier molecular flexibility index (Phi) is 10.2. The number of carbonyl (C=O) groups is 1. The Hall–Kier alpha value is -3.77. The van der Waals surface area contributed by atoms with Crippen molar-refractivity contribution in [1.82, 2.24) is 5.32 Å². The zero-order valence-electron chi connectivity index (χ0n) is 26.9. The molecule has 0 aliphatic heterocycles. The number of carbonyl (C=O) groups excluding carboxylic acids is 1. The molecule has 0 radical (unpaired) electrons. The summed E-state index contributed by atoms with van der Waals surface area (Å²) in [7, 11) is -0.588. The first-order valence-electron chi connectivity index (χ1n) is 15.4. The van der Waals surface area contributed by atoms with Crippen molar-refractivity contribution in [2.45, 2.75) is 44.8 Å². The first kappa shape index (κ1) is 33.6. The number of hydrogen-bond acceptors (Lipinski definition) is 7. The number of rotatable bonds is 15. The molecular weight excluding hydrogens is 611 g/mol. The van der Waals surface area contributed by atoms with Crippen LogP contribution in [0.2, 0.25) is 0 Å². The first-order valence-corrected chi connectivity index (χ1v) is 17.3. The van der Waals surface area contributed by atoms with Gasteiger partial charge in [-0.2, -0.15) is 0 Å². The molecule has 11 heteroatoms. The van der Waals surface area contributed by atoms with E-state index in [0.717, 1.165) is 42.2 Å². The molecule has 9 nitrogen and oxygen atoms in total. The molecule has 1 saturated carbocycles. The maximum Gasteiger partial charge on any atom is 0.255 e. The molecule has 1 amide bonds. The lowest BCUT2D eigenvalue weighted by molar-refractivity contribution is -0.224. The second kappa shape index (κ2) is 13.9. The average Bonchev–Trinajstić information content (AvgIpc) is 3.83. The molecule has 0 bridgehead atoms. The summed E-state index contributed by atoms with van der Waals surface area (Å²) in [5, 5.41) is 3.23. The number of hydrogen-bond donors (Lipinski definition) is 1. The second-order valence-corrected chi connectivity index (χ2v) is 13.4. The topological polar surface area (TPSA) is 107 Å². The third kappa shape index (κ3) is 7.12. The van der Waals surface area contributed by atoms with Gasteiger partial charge in [0.1, 0.15) is 17.2 Å². The van der Waals surface area contributed by atoms with Crippen LogP contribution in [-0.2, 0) is 36.4 Å². The van der Waals surface area contributed by atoms with Crippen molar-refractivity contribution in [1.29, 1.82) is 0 Å². The number of nitrogens with one attached hydrogen (secondary N) is 1. The number of amides is 1. The fourth-order valence-corrected chi connectivity index (χ4v) is 6.69. The van der Waals surface area contributed by atoms with Crippen molar-refractivity contribution in [3.05, 3.63) is 88.7 Å². The van der Waals surface area contributed by atoms with E-state index in [1.807, 2.05) is 37.3 Å². The minimum Gasteiger partial charge on any atom is -0.455 e. The van der Waals surface area contributed by atoms with E-state index in [1.54, 1.807) is 25.3 Å². The molecule has 5 rings (SSSR count). The quantitative estimate of drug-likeness (QED) is 0.118. The van der Waals surface area contributed by atoms with Crippen LogP contribution in [0.25, 0.3) is 22.3 Å². The number of benzene rings is 3. The molecule has 1 fully saturated rings. The third-order valence-corrected chi connectivity index (χ3v) is 9.58. The van der Waals surface area contributed by atoms with Crippen LogP contribution in [0, 0.1) is 5.82 Å². The molecule has 0 spiro atoms. The molecule has 0 saturated heterocycles. The molecule has 46 heavy (non-hydrogen) atoms. The van der Waals surface area contributed by atoms with Crippen molar-refractivity contribution in [3.8, 4) is 11.3 Å². The molecule has 246 valence electrons. The number of aryl methyl sites for hydroxylation is 1. The maximum atomic E-state index is 13.7. The summed E-state index contributed by atoms with van der Waals surface area (Å²) in [6.07, 6.45) is 3.81. The van der Waals surface area contributed by atoms with Gasteiger partial charge in [0.25, 0.3) is 5.91 Å². The lowest BCUT2D eigenvalue weighted by Crippen LogP contribution is -2.34. The summed E-state index contributed by atoms with van der Waals surface area (Å²) in [6.45, 7) is 4.60. The van der Waals surface area contributed by atoms with E-state index in [4.69, 9.17) is 18.6 Å². The standard InChI is InChI=1S/C35H41FN2O7S/c1-6-23-9-7-8-10-29(23)35(2,42-4)44-20-19-43-18-17-38(46(5,40)41)30-22-31-28(21-27(30)24-11-12-24)32(34(39)37-3)33(45-31)25-13-15-26(36)16-14-25/h7-10,13-16,21-22,24H,6,11-12,17-20H2,1-5H3,(H,37,39). The smallest absolute Gasteiger partial charge is 0.255 e. The van der Waals surface area contributed by atoms with E-state index in [1.165, 1.54) is 23.5 Å². The Morgan fingerprint density at radius 2 is 1.80 bits per heavy atom. The van der Waals surface area contributed by atoms with Crippen molar-refractivity contribution < 1.29 is 36.2 Å². The highest BCUT2D eigenvalue weighted by atomic mass is 32.2. The van der Waals surface area contributed by atoms with E-state index in [-0.39, 0.29) is 44.0 Å². The predicted molar refractivity (Wildman–Crippen MR) is 176 cm³/mol. The van der Waals surface area contributed by atoms with Crippen molar-refractivity contribution in [3.63, 3.8) is 0 Å². The zero-order valence-corrected chi connectivity index (χ0v) is 27.7. The molecule has 1 aliphatic rings. The Labute approximate surface area is 269 Å². The number of methoxy groups -OCH3 is 1. The summed E-state index contributed by atoms with van der Waals surface area (Å²) < 4.78 is 65.2. The molecule has 1 aliphatic carbocycles. The number of ether oxygens (including phenoxy) is 3. The number of anilines is 1. The van der Waals surface area contributed by atoms with Gasteiger partial charge in [0.15, 0.2) is 5.79 Å². The number of nitrogens with zero attached hydrogens (tertiary/aromatic N) is 1. The monoisotopic (exact) mass is 652 g/mol. The number of sulfonamides is 1.